The third-order valence-corrected chi connectivity index (χ3v) is 2.96. The molecule has 0 aliphatic carbocycles. The predicted octanol–water partition coefficient (Wildman–Crippen LogP) is -0.105. The second kappa shape index (κ2) is 3.90. The molecular weight excluding hydrogens is 173 g/mol. The number of β-amino-alcohol motifs (C(OH)–C–C–N with tert-alkyl or cyclic N) is 1. The summed E-state index contributed by atoms with van der Waals surface area (Å²) in [6, 6.07) is 0. The first-order valence-corrected chi connectivity index (χ1v) is 4.83. The molecule has 3 nitrogen and oxygen atoms in total. The molecule has 0 amide bonds. The van der Waals surface area contributed by atoms with E-state index in [1.807, 2.05) is 0 Å². The zero-order valence-electron chi connectivity index (χ0n) is 7.66. The molecule has 2 fully saturated rings. The smallest absolute Gasteiger partial charge is 0.117 e. The number of rotatable bonds is 3. The van der Waals surface area contributed by atoms with Crippen LogP contribution < -0.4 is 0 Å². The first-order chi connectivity index (χ1) is 6.29. The summed E-state index contributed by atoms with van der Waals surface area (Å²) in [4.78, 5) is 2.14. The third kappa shape index (κ3) is 2.00. The summed E-state index contributed by atoms with van der Waals surface area (Å²) in [6.45, 7) is 3.44. The summed E-state index contributed by atoms with van der Waals surface area (Å²) in [7, 11) is 0. The number of hydrogen-bond donors (Lipinski definition) is 1. The van der Waals surface area contributed by atoms with Gasteiger partial charge in [-0.1, -0.05) is 0 Å². The van der Waals surface area contributed by atoms with Gasteiger partial charge in [0.25, 0.3) is 0 Å². The van der Waals surface area contributed by atoms with Gasteiger partial charge in [0, 0.05) is 31.5 Å². The lowest BCUT2D eigenvalue weighted by Crippen LogP contribution is -2.32. The molecule has 2 aliphatic rings. The van der Waals surface area contributed by atoms with Gasteiger partial charge in [-0.05, 0) is 0 Å². The number of halogens is 1. The van der Waals surface area contributed by atoms with Crippen molar-refractivity contribution in [3.05, 3.63) is 0 Å². The summed E-state index contributed by atoms with van der Waals surface area (Å²) in [5.74, 6) is 1.23. The van der Waals surface area contributed by atoms with Crippen LogP contribution in [-0.4, -0.2) is 55.6 Å². The third-order valence-electron chi connectivity index (χ3n) is 2.96. The minimum atomic E-state index is -0.806. The maximum Gasteiger partial charge on any atom is 0.117 e. The number of aliphatic hydroxyl groups is 1. The average Bonchev–Trinajstić information content (AvgIpc) is 2.63. The average molecular weight is 189 g/mol. The largest absolute Gasteiger partial charge is 0.389 e. The minimum Gasteiger partial charge on any atom is -0.389 e. The number of aliphatic hydroxyl groups excluding tert-OH is 1. The number of ether oxygens (including phenoxy) is 1. The molecule has 2 rings (SSSR count). The summed E-state index contributed by atoms with van der Waals surface area (Å²) >= 11 is 0. The van der Waals surface area contributed by atoms with Crippen molar-refractivity contribution in [3.8, 4) is 0 Å². The molecule has 76 valence electrons. The maximum atomic E-state index is 12.0. The van der Waals surface area contributed by atoms with Gasteiger partial charge in [0.05, 0.1) is 19.3 Å². The Kier molecular flexibility index (Phi) is 2.81. The molecule has 0 aromatic carbocycles. The monoisotopic (exact) mass is 189 g/mol. The Morgan fingerprint density at radius 1 is 1.38 bits per heavy atom. The van der Waals surface area contributed by atoms with Gasteiger partial charge in [-0.25, -0.2) is 4.39 Å². The Bertz CT molecular complexity index is 164. The van der Waals surface area contributed by atoms with E-state index >= 15 is 0 Å². The number of likely N-dealkylation sites (tertiary alicyclic amines) is 1. The van der Waals surface area contributed by atoms with Crippen LogP contribution >= 0.6 is 0 Å². The van der Waals surface area contributed by atoms with Gasteiger partial charge in [0.2, 0.25) is 0 Å². The summed E-state index contributed by atoms with van der Waals surface area (Å²) in [5, 5.41) is 9.13. The Morgan fingerprint density at radius 2 is 2.00 bits per heavy atom. The van der Waals surface area contributed by atoms with Crippen molar-refractivity contribution in [2.45, 2.75) is 6.10 Å². The zero-order valence-corrected chi connectivity index (χ0v) is 7.66. The van der Waals surface area contributed by atoms with Crippen molar-refractivity contribution in [1.29, 1.82) is 0 Å². The van der Waals surface area contributed by atoms with E-state index in [0.29, 0.717) is 18.4 Å². The van der Waals surface area contributed by atoms with Gasteiger partial charge >= 0.3 is 0 Å². The Morgan fingerprint density at radius 3 is 2.54 bits per heavy atom. The lowest BCUT2D eigenvalue weighted by molar-refractivity contribution is 0.0868. The molecule has 0 aromatic rings. The maximum absolute atomic E-state index is 12.0. The molecule has 3 atom stereocenters. The van der Waals surface area contributed by atoms with Gasteiger partial charge in [-0.3, -0.25) is 4.90 Å². The van der Waals surface area contributed by atoms with Crippen molar-refractivity contribution >= 4 is 0 Å². The first-order valence-electron chi connectivity index (χ1n) is 4.83. The van der Waals surface area contributed by atoms with Gasteiger partial charge in [-0.15, -0.1) is 0 Å². The first kappa shape index (κ1) is 9.37. The molecule has 0 bridgehead atoms. The molecule has 0 saturated carbocycles. The normalized spacial score (nSPS) is 36.5. The summed E-state index contributed by atoms with van der Waals surface area (Å²) in [6.07, 6.45) is -0.806. The van der Waals surface area contributed by atoms with Crippen molar-refractivity contribution in [2.75, 3.05) is 39.5 Å². The van der Waals surface area contributed by atoms with E-state index in [2.05, 4.69) is 4.90 Å². The molecule has 0 spiro atoms. The van der Waals surface area contributed by atoms with Crippen molar-refractivity contribution in [3.63, 3.8) is 0 Å². The quantitative estimate of drug-likeness (QED) is 0.672. The molecule has 1 N–H and O–H groups in total. The second-order valence-electron chi connectivity index (χ2n) is 4.08. The number of nitrogens with zero attached hydrogens (tertiary/aromatic N) is 1. The van der Waals surface area contributed by atoms with Crippen molar-refractivity contribution in [2.24, 2.45) is 11.8 Å². The van der Waals surface area contributed by atoms with E-state index in [-0.39, 0.29) is 0 Å². The number of fused-ring (bicyclic) bond motifs is 1. The highest BCUT2D eigenvalue weighted by Gasteiger charge is 2.37. The molecule has 3 unspecified atom stereocenters. The SMILES string of the molecule is OC(CF)CN1CC2COCC2C1. The fraction of sp³-hybridized carbons (Fsp3) is 1.00. The topological polar surface area (TPSA) is 32.7 Å². The second-order valence-corrected chi connectivity index (χ2v) is 4.08. The van der Waals surface area contributed by atoms with E-state index in [1.54, 1.807) is 0 Å². The van der Waals surface area contributed by atoms with Crippen LogP contribution in [0.4, 0.5) is 4.39 Å². The van der Waals surface area contributed by atoms with Gasteiger partial charge in [0.15, 0.2) is 0 Å². The lowest BCUT2D eigenvalue weighted by atomic mass is 10.0. The van der Waals surface area contributed by atoms with Crippen LogP contribution in [0.2, 0.25) is 0 Å². The van der Waals surface area contributed by atoms with Crippen LogP contribution in [0.25, 0.3) is 0 Å². The number of hydrogen-bond acceptors (Lipinski definition) is 3. The Balaban J connectivity index is 1.78. The van der Waals surface area contributed by atoms with E-state index in [9.17, 15) is 4.39 Å². The Hall–Kier alpha value is -0.190. The van der Waals surface area contributed by atoms with Crippen LogP contribution in [0, 0.1) is 11.8 Å². The molecule has 0 radical (unpaired) electrons. The molecule has 13 heavy (non-hydrogen) atoms. The van der Waals surface area contributed by atoms with Crippen LogP contribution in [0.15, 0.2) is 0 Å². The van der Waals surface area contributed by atoms with E-state index in [0.717, 1.165) is 26.3 Å². The van der Waals surface area contributed by atoms with Gasteiger partial charge in [0.1, 0.15) is 6.67 Å². The molecular formula is C9H16FNO2. The van der Waals surface area contributed by atoms with E-state index in [4.69, 9.17) is 9.84 Å². The summed E-state index contributed by atoms with van der Waals surface area (Å²) < 4.78 is 17.4. The highest BCUT2D eigenvalue weighted by Crippen LogP contribution is 2.28. The molecule has 0 aromatic heterocycles. The highest BCUT2D eigenvalue weighted by atomic mass is 19.1. The van der Waals surface area contributed by atoms with Crippen molar-refractivity contribution < 1.29 is 14.2 Å². The fourth-order valence-electron chi connectivity index (χ4n) is 2.28. The lowest BCUT2D eigenvalue weighted by Gasteiger charge is -2.18. The molecule has 4 heteroatoms. The van der Waals surface area contributed by atoms with E-state index in [1.165, 1.54) is 0 Å². The van der Waals surface area contributed by atoms with Crippen LogP contribution in [0.1, 0.15) is 0 Å². The molecule has 2 aliphatic heterocycles. The highest BCUT2D eigenvalue weighted by molar-refractivity contribution is 4.87. The Labute approximate surface area is 77.5 Å². The van der Waals surface area contributed by atoms with Gasteiger partial charge < -0.3 is 9.84 Å². The fourth-order valence-corrected chi connectivity index (χ4v) is 2.28. The van der Waals surface area contributed by atoms with Crippen LogP contribution in [0.3, 0.4) is 0 Å². The standard InChI is InChI=1S/C9H16FNO2/c10-1-9(12)4-11-2-7-5-13-6-8(7)3-11/h7-9,12H,1-6H2. The molecule has 2 heterocycles. The van der Waals surface area contributed by atoms with Crippen molar-refractivity contribution in [1.82, 2.24) is 4.90 Å². The van der Waals surface area contributed by atoms with E-state index < -0.39 is 12.8 Å². The number of alkyl halides is 1. The molecule has 2 saturated heterocycles. The summed E-state index contributed by atoms with van der Waals surface area (Å²) in [5.41, 5.74) is 0. The van der Waals surface area contributed by atoms with Crippen LogP contribution in [-0.2, 0) is 4.74 Å². The van der Waals surface area contributed by atoms with Gasteiger partial charge in [-0.2, -0.15) is 0 Å². The zero-order chi connectivity index (χ0) is 9.26. The predicted molar refractivity (Wildman–Crippen MR) is 46.2 cm³/mol. The van der Waals surface area contributed by atoms with Crippen LogP contribution in [0.5, 0.6) is 0 Å². The minimum absolute atomic E-state index is 0.476.